The van der Waals surface area contributed by atoms with Gasteiger partial charge in [-0.25, -0.2) is 0 Å². The largest absolute Gasteiger partial charge is 0.378 e. The lowest BCUT2D eigenvalue weighted by Crippen LogP contribution is -2.25. The molecule has 4 nitrogen and oxygen atoms in total. The molecule has 0 saturated heterocycles. The molecule has 0 spiro atoms. The standard InChI is InChI=1S/C19H22N4S/c1-22(2)15-7-5-14(6-8-15)13-23-17-9-10-20-12-16(17)19(21-23)18-4-3-11-24-18/h3-8,11,20H,9-10,12-13H2,1-2H3. The zero-order valence-electron chi connectivity index (χ0n) is 14.1. The first-order chi connectivity index (χ1) is 11.7. The molecule has 0 saturated carbocycles. The molecule has 124 valence electrons. The van der Waals surface area contributed by atoms with E-state index in [2.05, 4.69) is 70.8 Å². The van der Waals surface area contributed by atoms with E-state index in [9.17, 15) is 0 Å². The van der Waals surface area contributed by atoms with Crippen molar-refractivity contribution >= 4 is 17.0 Å². The molecule has 1 aliphatic heterocycles. The average Bonchev–Trinajstić information content (AvgIpc) is 3.24. The van der Waals surface area contributed by atoms with Crippen LogP contribution >= 0.6 is 11.3 Å². The third kappa shape index (κ3) is 2.85. The molecule has 3 heterocycles. The Kier molecular flexibility index (Phi) is 4.12. The zero-order valence-corrected chi connectivity index (χ0v) is 14.9. The van der Waals surface area contributed by atoms with Crippen LogP contribution in [0.15, 0.2) is 41.8 Å². The van der Waals surface area contributed by atoms with Crippen molar-refractivity contribution in [3.8, 4) is 10.6 Å². The molecule has 0 radical (unpaired) electrons. The molecule has 0 unspecified atom stereocenters. The summed E-state index contributed by atoms with van der Waals surface area (Å²) in [5.74, 6) is 0. The van der Waals surface area contributed by atoms with Crippen molar-refractivity contribution in [3.63, 3.8) is 0 Å². The lowest BCUT2D eigenvalue weighted by atomic mass is 10.1. The Morgan fingerprint density at radius 1 is 1.21 bits per heavy atom. The molecule has 4 rings (SSSR count). The second-order valence-electron chi connectivity index (χ2n) is 6.40. The smallest absolute Gasteiger partial charge is 0.107 e. The number of nitrogens with zero attached hydrogens (tertiary/aromatic N) is 3. The maximum atomic E-state index is 4.96. The molecule has 0 amide bonds. The van der Waals surface area contributed by atoms with E-state index in [1.54, 1.807) is 11.3 Å². The number of fused-ring (bicyclic) bond motifs is 1. The lowest BCUT2D eigenvalue weighted by molar-refractivity contribution is 0.582. The predicted molar refractivity (Wildman–Crippen MR) is 101 cm³/mol. The van der Waals surface area contributed by atoms with Crippen LogP contribution in [-0.2, 0) is 19.5 Å². The molecular weight excluding hydrogens is 316 g/mol. The van der Waals surface area contributed by atoms with Gasteiger partial charge in [0.2, 0.25) is 0 Å². The first kappa shape index (κ1) is 15.4. The van der Waals surface area contributed by atoms with Crippen molar-refractivity contribution in [3.05, 3.63) is 58.6 Å². The van der Waals surface area contributed by atoms with Crippen LogP contribution in [0.25, 0.3) is 10.6 Å². The van der Waals surface area contributed by atoms with Gasteiger partial charge >= 0.3 is 0 Å². The lowest BCUT2D eigenvalue weighted by Gasteiger charge is -2.16. The number of nitrogens with one attached hydrogen (secondary N) is 1. The van der Waals surface area contributed by atoms with Gasteiger partial charge in [0.25, 0.3) is 0 Å². The van der Waals surface area contributed by atoms with E-state index in [-0.39, 0.29) is 0 Å². The molecular formula is C19H22N4S. The molecule has 5 heteroatoms. The second-order valence-corrected chi connectivity index (χ2v) is 7.34. The highest BCUT2D eigenvalue weighted by molar-refractivity contribution is 7.13. The average molecular weight is 338 g/mol. The van der Waals surface area contributed by atoms with E-state index in [1.165, 1.54) is 27.4 Å². The Morgan fingerprint density at radius 3 is 2.75 bits per heavy atom. The van der Waals surface area contributed by atoms with Gasteiger partial charge < -0.3 is 10.2 Å². The summed E-state index contributed by atoms with van der Waals surface area (Å²) in [5.41, 5.74) is 6.42. The summed E-state index contributed by atoms with van der Waals surface area (Å²) >= 11 is 1.76. The number of hydrogen-bond donors (Lipinski definition) is 1. The van der Waals surface area contributed by atoms with Crippen molar-refractivity contribution in [2.45, 2.75) is 19.5 Å². The maximum Gasteiger partial charge on any atom is 0.107 e. The van der Waals surface area contributed by atoms with Crippen LogP contribution < -0.4 is 10.2 Å². The quantitative estimate of drug-likeness (QED) is 0.792. The van der Waals surface area contributed by atoms with Crippen LogP contribution in [0.5, 0.6) is 0 Å². The van der Waals surface area contributed by atoms with Gasteiger partial charge in [-0.1, -0.05) is 18.2 Å². The fourth-order valence-electron chi connectivity index (χ4n) is 3.23. The first-order valence-corrected chi connectivity index (χ1v) is 9.20. The van der Waals surface area contributed by atoms with E-state index in [1.807, 2.05) is 0 Å². The van der Waals surface area contributed by atoms with Crippen molar-refractivity contribution in [1.82, 2.24) is 15.1 Å². The highest BCUT2D eigenvalue weighted by atomic mass is 32.1. The van der Waals surface area contributed by atoms with Crippen LogP contribution in [0.1, 0.15) is 16.8 Å². The summed E-state index contributed by atoms with van der Waals surface area (Å²) in [6.45, 7) is 2.78. The maximum absolute atomic E-state index is 4.96. The number of hydrogen-bond acceptors (Lipinski definition) is 4. The van der Waals surface area contributed by atoms with E-state index < -0.39 is 0 Å². The fraction of sp³-hybridized carbons (Fsp3) is 0.316. The SMILES string of the molecule is CN(C)c1ccc(Cn2nc(-c3cccs3)c3c2CCNC3)cc1. The molecule has 0 aliphatic carbocycles. The third-order valence-corrected chi connectivity index (χ3v) is 5.42. The molecule has 2 aromatic heterocycles. The minimum Gasteiger partial charge on any atom is -0.378 e. The van der Waals surface area contributed by atoms with Gasteiger partial charge in [-0.15, -0.1) is 11.3 Å². The van der Waals surface area contributed by atoms with Crippen molar-refractivity contribution in [1.29, 1.82) is 0 Å². The molecule has 1 N–H and O–H groups in total. The monoisotopic (exact) mass is 338 g/mol. The second kappa shape index (κ2) is 6.42. The zero-order chi connectivity index (χ0) is 16.5. The van der Waals surface area contributed by atoms with Crippen LogP contribution in [-0.4, -0.2) is 30.4 Å². The number of rotatable bonds is 4. The van der Waals surface area contributed by atoms with Gasteiger partial charge in [-0.2, -0.15) is 5.10 Å². The Balaban J connectivity index is 1.68. The van der Waals surface area contributed by atoms with Gasteiger partial charge in [-0.05, 0) is 29.1 Å². The minimum atomic E-state index is 0.835. The van der Waals surface area contributed by atoms with Crippen molar-refractivity contribution in [2.75, 3.05) is 25.5 Å². The van der Waals surface area contributed by atoms with Crippen LogP contribution in [0, 0.1) is 0 Å². The molecule has 0 fully saturated rings. The van der Waals surface area contributed by atoms with Crippen LogP contribution in [0.2, 0.25) is 0 Å². The summed E-state index contributed by atoms with van der Waals surface area (Å²) in [7, 11) is 4.14. The number of aromatic nitrogens is 2. The van der Waals surface area contributed by atoms with Crippen LogP contribution in [0.3, 0.4) is 0 Å². The van der Waals surface area contributed by atoms with Crippen molar-refractivity contribution in [2.24, 2.45) is 0 Å². The minimum absolute atomic E-state index is 0.835. The fourth-order valence-corrected chi connectivity index (χ4v) is 3.97. The number of anilines is 1. The molecule has 0 bridgehead atoms. The van der Waals surface area contributed by atoms with E-state index in [0.717, 1.165) is 31.7 Å². The van der Waals surface area contributed by atoms with E-state index in [4.69, 9.17) is 5.10 Å². The third-order valence-electron chi connectivity index (χ3n) is 4.55. The first-order valence-electron chi connectivity index (χ1n) is 8.32. The normalized spacial score (nSPS) is 13.8. The number of thiophene rings is 1. The summed E-state index contributed by atoms with van der Waals surface area (Å²) < 4.78 is 2.20. The Hall–Kier alpha value is -2.11. The van der Waals surface area contributed by atoms with Crippen molar-refractivity contribution < 1.29 is 0 Å². The van der Waals surface area contributed by atoms with Gasteiger partial charge in [0.05, 0.1) is 11.4 Å². The number of benzene rings is 1. The highest BCUT2D eigenvalue weighted by Crippen LogP contribution is 2.31. The Morgan fingerprint density at radius 2 is 2.04 bits per heavy atom. The summed E-state index contributed by atoms with van der Waals surface area (Å²) in [4.78, 5) is 3.39. The molecule has 1 aliphatic rings. The summed E-state index contributed by atoms with van der Waals surface area (Å²) in [6.07, 6.45) is 1.05. The highest BCUT2D eigenvalue weighted by Gasteiger charge is 2.22. The Labute approximate surface area is 146 Å². The van der Waals surface area contributed by atoms with E-state index in [0.29, 0.717) is 0 Å². The Bertz CT molecular complexity index is 816. The van der Waals surface area contributed by atoms with Crippen LogP contribution in [0.4, 0.5) is 5.69 Å². The predicted octanol–water partition coefficient (Wildman–Crippen LogP) is 3.37. The summed E-state index contributed by atoms with van der Waals surface area (Å²) in [6, 6.07) is 13.0. The topological polar surface area (TPSA) is 33.1 Å². The van der Waals surface area contributed by atoms with E-state index >= 15 is 0 Å². The molecule has 1 aromatic carbocycles. The van der Waals surface area contributed by atoms with Gasteiger partial charge in [0, 0.05) is 50.6 Å². The van der Waals surface area contributed by atoms with Gasteiger partial charge in [-0.3, -0.25) is 4.68 Å². The molecule has 3 aromatic rings. The molecule has 24 heavy (non-hydrogen) atoms. The summed E-state index contributed by atoms with van der Waals surface area (Å²) in [5, 5.41) is 10.6. The molecule has 0 atom stereocenters. The van der Waals surface area contributed by atoms with Gasteiger partial charge in [0.1, 0.15) is 5.69 Å². The van der Waals surface area contributed by atoms with Gasteiger partial charge in [0.15, 0.2) is 0 Å².